The van der Waals surface area contributed by atoms with Crippen LogP contribution in [-0.2, 0) is 4.74 Å². The van der Waals surface area contributed by atoms with Crippen LogP contribution in [0.25, 0.3) is 0 Å². The third kappa shape index (κ3) is 1.33. The second-order valence-electron chi connectivity index (χ2n) is 2.78. The Morgan fingerprint density at radius 2 is 1.83 bits per heavy atom. The summed E-state index contributed by atoms with van der Waals surface area (Å²) in [5.41, 5.74) is 0. The Kier molecular flexibility index (Phi) is 2.67. The highest BCUT2D eigenvalue weighted by atomic mass is 16.7. The second kappa shape index (κ2) is 3.25. The molecule has 1 aliphatic rings. The van der Waals surface area contributed by atoms with Gasteiger partial charge in [0.2, 0.25) is 5.79 Å². The Hall–Kier alpha value is -0.240. The van der Waals surface area contributed by atoms with E-state index in [9.17, 15) is 5.11 Å². The number of aliphatic hydroxyl groups is 5. The Bertz CT molecular complexity index is 162. The van der Waals surface area contributed by atoms with Crippen molar-refractivity contribution in [2.24, 2.45) is 0 Å². The van der Waals surface area contributed by atoms with Gasteiger partial charge in [-0.2, -0.15) is 0 Å². The minimum absolute atomic E-state index is 0.527. The predicted molar refractivity (Wildman–Crippen MR) is 36.0 cm³/mol. The van der Waals surface area contributed by atoms with Gasteiger partial charge < -0.3 is 30.3 Å². The molecule has 1 rings (SSSR count). The van der Waals surface area contributed by atoms with E-state index in [0.717, 1.165) is 0 Å². The van der Waals surface area contributed by atoms with Gasteiger partial charge in [0.25, 0.3) is 0 Å². The fourth-order valence-corrected chi connectivity index (χ4v) is 1.15. The number of hydrogen-bond acceptors (Lipinski definition) is 6. The lowest BCUT2D eigenvalue weighted by Gasteiger charge is -2.22. The average molecular weight is 180 g/mol. The number of hydrogen-bond donors (Lipinski definition) is 5. The summed E-state index contributed by atoms with van der Waals surface area (Å²) in [5, 5.41) is 44.7. The summed E-state index contributed by atoms with van der Waals surface area (Å²) in [7, 11) is 0. The summed E-state index contributed by atoms with van der Waals surface area (Å²) >= 11 is 0. The molecule has 1 aliphatic heterocycles. The van der Waals surface area contributed by atoms with Crippen molar-refractivity contribution in [3.63, 3.8) is 0 Å². The predicted octanol–water partition coefficient (Wildman–Crippen LogP) is -3.22. The van der Waals surface area contributed by atoms with Crippen LogP contribution in [0.3, 0.4) is 0 Å². The largest absolute Gasteiger partial charge is 0.394 e. The van der Waals surface area contributed by atoms with Gasteiger partial charge in [-0.25, -0.2) is 0 Å². The normalized spacial score (nSPS) is 48.2. The van der Waals surface area contributed by atoms with Gasteiger partial charge in [0, 0.05) is 0 Å². The zero-order valence-electron chi connectivity index (χ0n) is 6.29. The molecular formula is C6H12O6. The molecule has 1 fully saturated rings. The first-order valence-electron chi connectivity index (χ1n) is 3.53. The van der Waals surface area contributed by atoms with Gasteiger partial charge in [-0.3, -0.25) is 0 Å². The van der Waals surface area contributed by atoms with Crippen LogP contribution in [0.15, 0.2) is 0 Å². The standard InChI is InChI=1S/C6H12O6/c7-1-3-4(9)5(10)6(11,2-8)12-3/h3-5,7-11H,1-2H2/t3-,4+,5+,6+/m0/s1. The highest BCUT2D eigenvalue weighted by Gasteiger charge is 2.52. The third-order valence-electron chi connectivity index (χ3n) is 1.93. The van der Waals surface area contributed by atoms with Gasteiger partial charge >= 0.3 is 0 Å². The van der Waals surface area contributed by atoms with Crippen molar-refractivity contribution in [1.29, 1.82) is 0 Å². The van der Waals surface area contributed by atoms with Gasteiger partial charge in [0.05, 0.1) is 13.2 Å². The maximum atomic E-state index is 9.25. The van der Waals surface area contributed by atoms with E-state index in [-0.39, 0.29) is 0 Å². The fraction of sp³-hybridized carbons (Fsp3) is 1.00. The molecule has 1 heterocycles. The second-order valence-corrected chi connectivity index (χ2v) is 2.78. The molecule has 5 N–H and O–H groups in total. The molecule has 0 unspecified atom stereocenters. The van der Waals surface area contributed by atoms with E-state index in [4.69, 9.17) is 20.4 Å². The lowest BCUT2D eigenvalue weighted by Crippen LogP contribution is -2.46. The highest BCUT2D eigenvalue weighted by molar-refractivity contribution is 4.94. The molecule has 0 aromatic rings. The average Bonchev–Trinajstić information content (AvgIpc) is 2.31. The molecule has 1 saturated heterocycles. The summed E-state index contributed by atoms with van der Waals surface area (Å²) in [6, 6.07) is 0. The van der Waals surface area contributed by atoms with E-state index >= 15 is 0 Å². The van der Waals surface area contributed by atoms with Crippen molar-refractivity contribution in [2.75, 3.05) is 13.2 Å². The fourth-order valence-electron chi connectivity index (χ4n) is 1.15. The van der Waals surface area contributed by atoms with E-state index in [2.05, 4.69) is 4.74 Å². The molecule has 12 heavy (non-hydrogen) atoms. The van der Waals surface area contributed by atoms with E-state index < -0.39 is 37.3 Å². The topological polar surface area (TPSA) is 110 Å². The monoisotopic (exact) mass is 180 g/mol. The molecule has 0 aliphatic carbocycles. The number of ether oxygens (including phenoxy) is 1. The molecule has 6 nitrogen and oxygen atoms in total. The van der Waals surface area contributed by atoms with Gasteiger partial charge in [-0.05, 0) is 0 Å². The molecule has 0 spiro atoms. The van der Waals surface area contributed by atoms with Gasteiger partial charge in [0.15, 0.2) is 0 Å². The van der Waals surface area contributed by atoms with Crippen molar-refractivity contribution in [1.82, 2.24) is 0 Å². The zero-order chi connectivity index (χ0) is 9.35. The van der Waals surface area contributed by atoms with E-state index in [1.807, 2.05) is 0 Å². The molecule has 0 aromatic carbocycles. The van der Waals surface area contributed by atoms with Crippen LogP contribution in [0, 0.1) is 0 Å². The quantitative estimate of drug-likeness (QED) is 0.306. The van der Waals surface area contributed by atoms with Gasteiger partial charge in [0.1, 0.15) is 18.3 Å². The first-order chi connectivity index (χ1) is 5.55. The molecular weight excluding hydrogens is 168 g/mol. The number of aliphatic hydroxyl groups excluding tert-OH is 4. The molecule has 6 heteroatoms. The Morgan fingerprint density at radius 3 is 2.08 bits per heavy atom. The van der Waals surface area contributed by atoms with Gasteiger partial charge in [-0.15, -0.1) is 0 Å². The molecule has 72 valence electrons. The van der Waals surface area contributed by atoms with E-state index in [0.29, 0.717) is 0 Å². The summed E-state index contributed by atoms with van der Waals surface area (Å²) in [6.07, 6.45) is -4.04. The van der Waals surface area contributed by atoms with Crippen molar-refractivity contribution in [2.45, 2.75) is 24.1 Å². The zero-order valence-corrected chi connectivity index (χ0v) is 6.29. The summed E-state index contributed by atoms with van der Waals surface area (Å²) in [4.78, 5) is 0. The Morgan fingerprint density at radius 1 is 1.25 bits per heavy atom. The smallest absolute Gasteiger partial charge is 0.219 e. The van der Waals surface area contributed by atoms with Crippen LogP contribution in [0.2, 0.25) is 0 Å². The minimum Gasteiger partial charge on any atom is -0.394 e. The van der Waals surface area contributed by atoms with E-state index in [1.165, 1.54) is 0 Å². The summed E-state index contributed by atoms with van der Waals surface area (Å²) < 4.78 is 4.63. The van der Waals surface area contributed by atoms with Gasteiger partial charge in [-0.1, -0.05) is 0 Å². The molecule has 0 bridgehead atoms. The molecule has 4 atom stereocenters. The first kappa shape index (κ1) is 9.85. The highest BCUT2D eigenvalue weighted by Crippen LogP contribution is 2.28. The van der Waals surface area contributed by atoms with Crippen molar-refractivity contribution >= 4 is 0 Å². The molecule has 0 amide bonds. The summed E-state index contributed by atoms with van der Waals surface area (Å²) in [5.74, 6) is -2.16. The van der Waals surface area contributed by atoms with Crippen LogP contribution in [0.4, 0.5) is 0 Å². The maximum Gasteiger partial charge on any atom is 0.219 e. The molecule has 0 saturated carbocycles. The Balaban J connectivity index is 2.72. The molecule has 0 radical (unpaired) electrons. The lowest BCUT2D eigenvalue weighted by molar-refractivity contribution is -0.248. The van der Waals surface area contributed by atoms with Crippen molar-refractivity contribution in [3.05, 3.63) is 0 Å². The van der Waals surface area contributed by atoms with E-state index in [1.54, 1.807) is 0 Å². The molecule has 0 aromatic heterocycles. The SMILES string of the molecule is OC[C@@H]1O[C@](O)(CO)[C@H](O)[C@@H]1O. The van der Waals surface area contributed by atoms with Crippen LogP contribution in [-0.4, -0.2) is 62.8 Å². The van der Waals surface area contributed by atoms with Crippen LogP contribution >= 0.6 is 0 Å². The third-order valence-corrected chi connectivity index (χ3v) is 1.93. The summed E-state index contributed by atoms with van der Waals surface area (Å²) in [6.45, 7) is -1.36. The number of rotatable bonds is 2. The Labute approximate surface area is 68.6 Å². The van der Waals surface area contributed by atoms with Crippen molar-refractivity contribution in [3.8, 4) is 0 Å². The van der Waals surface area contributed by atoms with Crippen LogP contribution in [0.5, 0.6) is 0 Å². The minimum atomic E-state index is -2.16. The maximum absolute atomic E-state index is 9.25. The van der Waals surface area contributed by atoms with Crippen molar-refractivity contribution < 1.29 is 30.3 Å². The van der Waals surface area contributed by atoms with Crippen LogP contribution in [0.1, 0.15) is 0 Å². The lowest BCUT2D eigenvalue weighted by atomic mass is 10.1. The van der Waals surface area contributed by atoms with Crippen LogP contribution < -0.4 is 0 Å². The first-order valence-corrected chi connectivity index (χ1v) is 3.53.